The second-order valence-corrected chi connectivity index (χ2v) is 6.27. The molecule has 2 unspecified atom stereocenters. The highest BCUT2D eigenvalue weighted by Crippen LogP contribution is 2.41. The van der Waals surface area contributed by atoms with Gasteiger partial charge >= 0.3 is 5.97 Å². The number of carbonyl (C=O) groups is 1. The molecule has 0 aromatic heterocycles. The molecule has 4 nitrogen and oxygen atoms in total. The van der Waals surface area contributed by atoms with Gasteiger partial charge in [0, 0.05) is 11.8 Å². The van der Waals surface area contributed by atoms with Crippen LogP contribution in [0.2, 0.25) is 0 Å². The lowest BCUT2D eigenvalue weighted by Crippen LogP contribution is -2.58. The van der Waals surface area contributed by atoms with E-state index >= 15 is 0 Å². The summed E-state index contributed by atoms with van der Waals surface area (Å²) in [6.45, 7) is 11.5. The Morgan fingerprint density at radius 1 is 1.26 bits per heavy atom. The van der Waals surface area contributed by atoms with Crippen molar-refractivity contribution >= 4 is 5.97 Å². The minimum absolute atomic E-state index is 0.0167. The first-order chi connectivity index (χ1) is 8.74. The Morgan fingerprint density at radius 2 is 1.79 bits per heavy atom. The van der Waals surface area contributed by atoms with Crippen molar-refractivity contribution in [3.63, 3.8) is 0 Å². The van der Waals surface area contributed by atoms with Crippen molar-refractivity contribution in [2.75, 3.05) is 0 Å². The van der Waals surface area contributed by atoms with E-state index < -0.39 is 11.9 Å². The summed E-state index contributed by atoms with van der Waals surface area (Å²) in [4.78, 5) is 11.9. The molecule has 1 saturated heterocycles. The van der Waals surface area contributed by atoms with Gasteiger partial charge in [-0.2, -0.15) is 0 Å². The van der Waals surface area contributed by atoms with Crippen molar-refractivity contribution in [3.05, 3.63) is 0 Å². The average molecular weight is 272 g/mol. The molecule has 0 aromatic carbocycles. The number of esters is 1. The molecule has 112 valence electrons. The first kappa shape index (κ1) is 16.4. The van der Waals surface area contributed by atoms with Gasteiger partial charge in [0.25, 0.3) is 0 Å². The van der Waals surface area contributed by atoms with Gasteiger partial charge in [-0.05, 0) is 26.7 Å². The van der Waals surface area contributed by atoms with Crippen LogP contribution < -0.4 is 0 Å². The molecule has 0 amide bonds. The van der Waals surface area contributed by atoms with Gasteiger partial charge in [-0.15, -0.1) is 0 Å². The number of ether oxygens (including phenoxy) is 2. The first-order valence-corrected chi connectivity index (χ1v) is 7.30. The molecule has 4 atom stereocenters. The van der Waals surface area contributed by atoms with E-state index in [-0.39, 0.29) is 29.8 Å². The van der Waals surface area contributed by atoms with Crippen molar-refractivity contribution < 1.29 is 19.4 Å². The number of hydrogen-bond acceptors (Lipinski definition) is 4. The molecule has 0 aromatic rings. The molecular formula is C15H28O4. The maximum absolute atomic E-state index is 11.9. The summed E-state index contributed by atoms with van der Waals surface area (Å²) < 4.78 is 11.4. The summed E-state index contributed by atoms with van der Waals surface area (Å²) in [5.74, 6) is -0.207. The van der Waals surface area contributed by atoms with Crippen molar-refractivity contribution in [2.45, 2.75) is 72.4 Å². The lowest BCUT2D eigenvalue weighted by molar-refractivity contribution is -0.289. The van der Waals surface area contributed by atoms with Crippen LogP contribution in [0.25, 0.3) is 0 Å². The lowest BCUT2D eigenvalue weighted by Gasteiger charge is -2.49. The molecule has 0 spiro atoms. The quantitative estimate of drug-likeness (QED) is 0.799. The van der Waals surface area contributed by atoms with E-state index in [1.54, 1.807) is 0 Å². The largest absolute Gasteiger partial charge is 0.459 e. The van der Waals surface area contributed by atoms with Crippen molar-refractivity contribution in [1.29, 1.82) is 0 Å². The molecule has 1 rings (SSSR count). The fraction of sp³-hybridized carbons (Fsp3) is 0.933. The number of carbonyl (C=O) groups excluding carboxylic acids is 1. The van der Waals surface area contributed by atoms with Gasteiger partial charge in [0.1, 0.15) is 11.7 Å². The second kappa shape index (κ2) is 6.23. The minimum Gasteiger partial charge on any atom is -0.459 e. The Bertz CT molecular complexity index is 311. The molecule has 1 aliphatic rings. The second-order valence-electron chi connectivity index (χ2n) is 6.27. The Kier molecular flexibility index (Phi) is 5.39. The third kappa shape index (κ3) is 3.48. The van der Waals surface area contributed by atoms with Crippen molar-refractivity contribution in [1.82, 2.24) is 0 Å². The van der Waals surface area contributed by atoms with E-state index in [1.807, 2.05) is 34.6 Å². The number of aliphatic hydroxyl groups is 1. The van der Waals surface area contributed by atoms with E-state index in [4.69, 9.17) is 9.47 Å². The van der Waals surface area contributed by atoms with Gasteiger partial charge in [-0.3, -0.25) is 4.79 Å². The van der Waals surface area contributed by atoms with Crippen LogP contribution in [-0.4, -0.2) is 29.1 Å². The van der Waals surface area contributed by atoms with E-state index in [9.17, 15) is 9.90 Å². The highest BCUT2D eigenvalue weighted by molar-refractivity contribution is 5.71. The van der Waals surface area contributed by atoms with E-state index in [2.05, 4.69) is 6.92 Å². The highest BCUT2D eigenvalue weighted by Gasteiger charge is 2.50. The fourth-order valence-electron chi connectivity index (χ4n) is 2.93. The maximum Gasteiger partial charge on any atom is 0.308 e. The van der Waals surface area contributed by atoms with Crippen LogP contribution in [0.4, 0.5) is 0 Å². The normalized spacial score (nSPS) is 34.3. The summed E-state index contributed by atoms with van der Waals surface area (Å²) in [7, 11) is 0. The first-order valence-electron chi connectivity index (χ1n) is 7.30. The van der Waals surface area contributed by atoms with Crippen LogP contribution in [0.5, 0.6) is 0 Å². The third-order valence-electron chi connectivity index (χ3n) is 4.07. The molecule has 1 fully saturated rings. The van der Waals surface area contributed by atoms with Crippen molar-refractivity contribution in [3.8, 4) is 0 Å². The summed E-state index contributed by atoms with van der Waals surface area (Å²) in [5.41, 5.74) is -0.656. The summed E-state index contributed by atoms with van der Waals surface area (Å²) in [6, 6.07) is 0. The van der Waals surface area contributed by atoms with Gasteiger partial charge in [0.15, 0.2) is 6.29 Å². The van der Waals surface area contributed by atoms with Crippen LogP contribution in [0.1, 0.15) is 54.4 Å². The monoisotopic (exact) mass is 272 g/mol. The molecule has 4 heteroatoms. The Balaban J connectivity index is 2.97. The standard InChI is InChI=1S/C15H28O4/c1-7-10-11(8-2)14(17)19-15(5,6)12(10)18-13(16)9(3)4/h9-12,14,17H,7-8H2,1-6H3/t10?,11-,12?,14+/m0/s1. The molecule has 0 radical (unpaired) electrons. The van der Waals surface area contributed by atoms with Crippen LogP contribution in [0.3, 0.4) is 0 Å². The van der Waals surface area contributed by atoms with Gasteiger partial charge in [0.2, 0.25) is 0 Å². The summed E-state index contributed by atoms with van der Waals surface area (Å²) in [5, 5.41) is 10.1. The van der Waals surface area contributed by atoms with Crippen LogP contribution in [0, 0.1) is 17.8 Å². The molecular weight excluding hydrogens is 244 g/mol. The zero-order chi connectivity index (χ0) is 14.8. The van der Waals surface area contributed by atoms with Gasteiger partial charge in [0.05, 0.1) is 5.92 Å². The Hall–Kier alpha value is -0.610. The molecule has 1 N–H and O–H groups in total. The zero-order valence-corrected chi connectivity index (χ0v) is 13.0. The average Bonchev–Trinajstić information content (AvgIpc) is 2.30. The molecule has 19 heavy (non-hydrogen) atoms. The van der Waals surface area contributed by atoms with E-state index in [1.165, 1.54) is 0 Å². The predicted molar refractivity (Wildman–Crippen MR) is 73.5 cm³/mol. The summed E-state index contributed by atoms with van der Waals surface area (Å²) >= 11 is 0. The topological polar surface area (TPSA) is 55.8 Å². The zero-order valence-electron chi connectivity index (χ0n) is 13.0. The molecule has 0 aliphatic carbocycles. The van der Waals surface area contributed by atoms with Gasteiger partial charge in [-0.25, -0.2) is 0 Å². The SMILES string of the molecule is CCC1C(OC(=O)C(C)C)C(C)(C)O[C@@H](O)[C@H]1CC. The van der Waals surface area contributed by atoms with E-state index in [0.29, 0.717) is 0 Å². The maximum atomic E-state index is 11.9. The van der Waals surface area contributed by atoms with Gasteiger partial charge < -0.3 is 14.6 Å². The summed E-state index contributed by atoms with van der Waals surface area (Å²) in [6.07, 6.45) is 0.587. The molecule has 1 aliphatic heterocycles. The van der Waals surface area contributed by atoms with Gasteiger partial charge in [-0.1, -0.05) is 27.7 Å². The lowest BCUT2D eigenvalue weighted by atomic mass is 9.75. The predicted octanol–water partition coefficient (Wildman–Crippen LogP) is 2.73. The van der Waals surface area contributed by atoms with Crippen LogP contribution >= 0.6 is 0 Å². The van der Waals surface area contributed by atoms with Crippen LogP contribution in [0.15, 0.2) is 0 Å². The fourth-order valence-corrected chi connectivity index (χ4v) is 2.93. The number of rotatable bonds is 4. The molecule has 0 bridgehead atoms. The Labute approximate surface area is 116 Å². The Morgan fingerprint density at radius 3 is 2.21 bits per heavy atom. The van der Waals surface area contributed by atoms with E-state index in [0.717, 1.165) is 12.8 Å². The number of hydrogen-bond donors (Lipinski definition) is 1. The third-order valence-corrected chi connectivity index (χ3v) is 4.07. The molecule has 1 heterocycles. The number of aliphatic hydroxyl groups excluding tert-OH is 1. The minimum atomic E-state index is -0.779. The smallest absolute Gasteiger partial charge is 0.308 e. The van der Waals surface area contributed by atoms with Crippen molar-refractivity contribution in [2.24, 2.45) is 17.8 Å². The van der Waals surface area contributed by atoms with Crippen LogP contribution in [-0.2, 0) is 14.3 Å². The highest BCUT2D eigenvalue weighted by atomic mass is 16.6. The molecule has 0 saturated carbocycles.